The second kappa shape index (κ2) is 11.0. The standard InChI is InChI=1S/C29H52O6/c1-8-19(16(3)4)26(33)25(32)17(5)20(9-2)28(6)11-10-21-18(13-28)15-35-27(34)22-12-23(30)24(31)14-29(21,22)7/h16-26,30-33H,8-15H2,1-7H3/t17-,18?,19-,20?,21?,22?,23-,24+,25-,26-,28-,29+/m0/s1. The molecule has 1 saturated heterocycles. The number of carbonyl (C=O) groups excluding carboxylic acids is 1. The van der Waals surface area contributed by atoms with Gasteiger partial charge in [0.1, 0.15) is 0 Å². The molecule has 0 aromatic carbocycles. The van der Waals surface area contributed by atoms with Crippen LogP contribution in [0, 0.1) is 52.3 Å². The molecule has 4 N–H and O–H groups in total. The average Bonchev–Trinajstić information content (AvgIpc) is 2.88. The van der Waals surface area contributed by atoms with Crippen LogP contribution >= 0.6 is 0 Å². The van der Waals surface area contributed by atoms with E-state index in [4.69, 9.17) is 4.74 Å². The summed E-state index contributed by atoms with van der Waals surface area (Å²) < 4.78 is 5.79. The molecular weight excluding hydrogens is 444 g/mol. The highest BCUT2D eigenvalue weighted by Gasteiger charge is 2.58. The van der Waals surface area contributed by atoms with E-state index in [0.29, 0.717) is 18.9 Å². The van der Waals surface area contributed by atoms with Gasteiger partial charge in [-0.15, -0.1) is 0 Å². The van der Waals surface area contributed by atoms with E-state index in [9.17, 15) is 25.2 Å². The minimum absolute atomic E-state index is 0.0367. The number of carbonyl (C=O) groups is 1. The van der Waals surface area contributed by atoms with Gasteiger partial charge in [0.2, 0.25) is 0 Å². The first-order valence-corrected chi connectivity index (χ1v) is 14.2. The Morgan fingerprint density at radius 2 is 1.66 bits per heavy atom. The Labute approximate surface area is 212 Å². The molecule has 12 atom stereocenters. The SMILES string of the molecule is CCC([C@H](C)[C@H](O)[C@@H](O)[C@@H](CC)C(C)C)[C@@]1(C)CCC2C(COC(=O)C3C[C@H](O)[C@H](O)C[C@@]32C)C1. The van der Waals surface area contributed by atoms with E-state index >= 15 is 0 Å². The number of cyclic esters (lactones) is 1. The van der Waals surface area contributed by atoms with Gasteiger partial charge in [-0.05, 0) is 78.4 Å². The Kier molecular flexibility index (Phi) is 9.05. The average molecular weight is 497 g/mol. The normalized spacial score (nSPS) is 42.2. The third kappa shape index (κ3) is 5.32. The van der Waals surface area contributed by atoms with Crippen LogP contribution in [0.2, 0.25) is 0 Å². The van der Waals surface area contributed by atoms with E-state index in [0.717, 1.165) is 32.1 Å². The smallest absolute Gasteiger partial charge is 0.309 e. The zero-order valence-electron chi connectivity index (χ0n) is 23.1. The predicted octanol–water partition coefficient (Wildman–Crippen LogP) is 4.17. The lowest BCUT2D eigenvalue weighted by Gasteiger charge is -2.55. The van der Waals surface area contributed by atoms with E-state index in [1.807, 2.05) is 0 Å². The fourth-order valence-corrected chi connectivity index (χ4v) is 8.81. The number of rotatable bonds is 8. The maximum atomic E-state index is 12.9. The molecule has 35 heavy (non-hydrogen) atoms. The van der Waals surface area contributed by atoms with Crippen molar-refractivity contribution < 1.29 is 30.0 Å². The minimum Gasteiger partial charge on any atom is -0.465 e. The summed E-state index contributed by atoms with van der Waals surface area (Å²) in [4.78, 5) is 12.9. The summed E-state index contributed by atoms with van der Waals surface area (Å²) in [6.45, 7) is 15.4. The van der Waals surface area contributed by atoms with Crippen molar-refractivity contribution in [2.45, 2.75) is 118 Å². The molecule has 1 heterocycles. The van der Waals surface area contributed by atoms with Gasteiger partial charge < -0.3 is 25.2 Å². The first-order valence-electron chi connectivity index (χ1n) is 14.2. The van der Waals surface area contributed by atoms with Crippen LogP contribution in [0.1, 0.15) is 93.4 Å². The molecule has 4 unspecified atom stereocenters. The zero-order chi connectivity index (χ0) is 26.3. The number of hydrogen-bond donors (Lipinski definition) is 4. The number of aliphatic hydroxyl groups is 4. The number of ether oxygens (including phenoxy) is 1. The van der Waals surface area contributed by atoms with E-state index in [-0.39, 0.29) is 58.7 Å². The molecule has 6 nitrogen and oxygen atoms in total. The summed E-state index contributed by atoms with van der Waals surface area (Å²) >= 11 is 0. The summed E-state index contributed by atoms with van der Waals surface area (Å²) in [5, 5.41) is 43.1. The summed E-state index contributed by atoms with van der Waals surface area (Å²) in [6.07, 6.45) is 2.10. The van der Waals surface area contributed by atoms with Crippen molar-refractivity contribution in [1.29, 1.82) is 0 Å². The van der Waals surface area contributed by atoms with Crippen LogP contribution in [0.3, 0.4) is 0 Å². The molecular formula is C29H52O6. The first kappa shape index (κ1) is 28.9. The number of esters is 1. The van der Waals surface area contributed by atoms with Crippen molar-refractivity contribution >= 4 is 5.97 Å². The van der Waals surface area contributed by atoms with Crippen molar-refractivity contribution in [2.75, 3.05) is 6.61 Å². The lowest BCUT2D eigenvalue weighted by molar-refractivity contribution is -0.162. The van der Waals surface area contributed by atoms with E-state index in [1.54, 1.807) is 0 Å². The van der Waals surface area contributed by atoms with Gasteiger partial charge in [-0.1, -0.05) is 61.3 Å². The highest BCUT2D eigenvalue weighted by Crippen LogP contribution is 2.60. The Hall–Kier alpha value is -0.690. The predicted molar refractivity (Wildman–Crippen MR) is 136 cm³/mol. The highest BCUT2D eigenvalue weighted by molar-refractivity contribution is 5.74. The molecule has 3 aliphatic rings. The Bertz CT molecular complexity index is 726. The second-order valence-electron chi connectivity index (χ2n) is 13.2. The second-order valence-corrected chi connectivity index (χ2v) is 13.2. The molecule has 6 heteroatoms. The summed E-state index contributed by atoms with van der Waals surface area (Å²) in [7, 11) is 0. The zero-order valence-corrected chi connectivity index (χ0v) is 23.1. The maximum Gasteiger partial charge on any atom is 0.309 e. The van der Waals surface area contributed by atoms with Crippen molar-refractivity contribution in [1.82, 2.24) is 0 Å². The van der Waals surface area contributed by atoms with Crippen LogP contribution in [-0.4, -0.2) is 57.4 Å². The van der Waals surface area contributed by atoms with Gasteiger partial charge in [0, 0.05) is 0 Å². The van der Waals surface area contributed by atoms with Gasteiger partial charge in [0.25, 0.3) is 0 Å². The molecule has 204 valence electrons. The molecule has 0 radical (unpaired) electrons. The quantitative estimate of drug-likeness (QED) is 0.376. The van der Waals surface area contributed by atoms with Gasteiger partial charge in [0.15, 0.2) is 0 Å². The fourth-order valence-electron chi connectivity index (χ4n) is 8.81. The molecule has 0 aromatic heterocycles. The van der Waals surface area contributed by atoms with Crippen LogP contribution in [0.4, 0.5) is 0 Å². The summed E-state index contributed by atoms with van der Waals surface area (Å²) in [6, 6.07) is 0. The van der Waals surface area contributed by atoms with Gasteiger partial charge in [0.05, 0.1) is 36.9 Å². The topological polar surface area (TPSA) is 107 Å². The molecule has 2 aliphatic carbocycles. The molecule has 0 amide bonds. The molecule has 0 bridgehead atoms. The van der Waals surface area contributed by atoms with Crippen LogP contribution in [0.15, 0.2) is 0 Å². The van der Waals surface area contributed by atoms with E-state index in [2.05, 4.69) is 48.5 Å². The lowest BCUT2D eigenvalue weighted by atomic mass is 9.49. The third-order valence-electron chi connectivity index (χ3n) is 10.9. The molecule has 3 fully saturated rings. The van der Waals surface area contributed by atoms with E-state index < -0.39 is 24.4 Å². The van der Waals surface area contributed by atoms with Crippen LogP contribution in [0.5, 0.6) is 0 Å². The van der Waals surface area contributed by atoms with Gasteiger partial charge in [-0.2, -0.15) is 0 Å². The molecule has 2 saturated carbocycles. The van der Waals surface area contributed by atoms with Gasteiger partial charge in [-0.25, -0.2) is 0 Å². The monoisotopic (exact) mass is 496 g/mol. The van der Waals surface area contributed by atoms with Crippen molar-refractivity contribution in [3.8, 4) is 0 Å². The van der Waals surface area contributed by atoms with Crippen LogP contribution in [0.25, 0.3) is 0 Å². The van der Waals surface area contributed by atoms with Gasteiger partial charge >= 0.3 is 5.97 Å². The number of aliphatic hydroxyl groups excluding tert-OH is 4. The van der Waals surface area contributed by atoms with Crippen LogP contribution in [-0.2, 0) is 9.53 Å². The van der Waals surface area contributed by atoms with Crippen molar-refractivity contribution in [2.24, 2.45) is 52.3 Å². The Morgan fingerprint density at radius 3 is 2.23 bits per heavy atom. The summed E-state index contributed by atoms with van der Waals surface area (Å²) in [5.41, 5.74) is -0.419. The van der Waals surface area contributed by atoms with Crippen LogP contribution < -0.4 is 0 Å². The number of fused-ring (bicyclic) bond motifs is 3. The Balaban J connectivity index is 1.82. The largest absolute Gasteiger partial charge is 0.465 e. The van der Waals surface area contributed by atoms with Crippen molar-refractivity contribution in [3.05, 3.63) is 0 Å². The Morgan fingerprint density at radius 1 is 1.00 bits per heavy atom. The highest BCUT2D eigenvalue weighted by atomic mass is 16.5. The molecule has 3 rings (SSSR count). The molecule has 0 spiro atoms. The third-order valence-corrected chi connectivity index (χ3v) is 10.9. The fraction of sp³-hybridized carbons (Fsp3) is 0.966. The van der Waals surface area contributed by atoms with Crippen molar-refractivity contribution in [3.63, 3.8) is 0 Å². The van der Waals surface area contributed by atoms with Gasteiger partial charge in [-0.3, -0.25) is 4.79 Å². The first-order chi connectivity index (χ1) is 16.3. The van der Waals surface area contributed by atoms with E-state index in [1.165, 1.54) is 0 Å². The molecule has 0 aromatic rings. The molecule has 1 aliphatic heterocycles. The lowest BCUT2D eigenvalue weighted by Crippen LogP contribution is -2.53. The minimum atomic E-state index is -0.873. The maximum absolute atomic E-state index is 12.9. The number of hydrogen-bond acceptors (Lipinski definition) is 6. The summed E-state index contributed by atoms with van der Waals surface area (Å²) in [5.74, 6) is 0.404.